The number of aromatic nitrogens is 1. The van der Waals surface area contributed by atoms with Crippen molar-refractivity contribution >= 4 is 11.0 Å². The quantitative estimate of drug-likeness (QED) is 0.688. The van der Waals surface area contributed by atoms with Gasteiger partial charge in [0.25, 0.3) is 0 Å². The topological polar surface area (TPSA) is 76.1 Å². The van der Waals surface area contributed by atoms with Crippen molar-refractivity contribution in [2.24, 2.45) is 0 Å². The van der Waals surface area contributed by atoms with Crippen LogP contribution in [-0.2, 0) is 0 Å². The van der Waals surface area contributed by atoms with Crippen LogP contribution >= 0.6 is 0 Å². The van der Waals surface area contributed by atoms with Crippen LogP contribution in [0, 0.1) is 11.3 Å². The first-order valence-corrected chi connectivity index (χ1v) is 6.27. The van der Waals surface area contributed by atoms with Gasteiger partial charge in [-0.1, -0.05) is 6.07 Å². The van der Waals surface area contributed by atoms with E-state index in [1.807, 2.05) is 12.1 Å². The van der Waals surface area contributed by atoms with E-state index in [0.717, 1.165) is 5.39 Å². The van der Waals surface area contributed by atoms with Crippen molar-refractivity contribution in [1.82, 2.24) is 4.98 Å². The summed E-state index contributed by atoms with van der Waals surface area (Å²) in [6.07, 6.45) is 1.62. The smallest absolute Gasteiger partial charge is 0.345 e. The van der Waals surface area contributed by atoms with Gasteiger partial charge in [-0.3, -0.25) is 4.98 Å². The average Bonchev–Trinajstić information content (AvgIpc) is 2.53. The molecule has 5 nitrogen and oxygen atoms in total. The third kappa shape index (κ3) is 2.60. The Labute approximate surface area is 120 Å². The maximum absolute atomic E-state index is 12.1. The molecule has 2 aromatic heterocycles. The molecule has 0 saturated heterocycles. The number of rotatable bonds is 3. The average molecular weight is 278 g/mol. The molecular formula is C16H10N2O3. The zero-order valence-electron chi connectivity index (χ0n) is 10.9. The Hall–Kier alpha value is -3.13. The summed E-state index contributed by atoms with van der Waals surface area (Å²) in [5.74, 6) is 0.484. The number of pyridine rings is 1. The molecule has 0 N–H and O–H groups in total. The lowest BCUT2D eigenvalue weighted by molar-refractivity contribution is 0.368. The Bertz CT molecular complexity index is 879. The Morgan fingerprint density at radius 3 is 2.90 bits per heavy atom. The summed E-state index contributed by atoms with van der Waals surface area (Å²) in [6, 6.07) is 14.1. The lowest BCUT2D eigenvalue weighted by atomic mass is 10.1. The largest absolute Gasteiger partial charge is 0.479 e. The Morgan fingerprint density at radius 2 is 2.14 bits per heavy atom. The fourth-order valence-corrected chi connectivity index (χ4v) is 2.00. The van der Waals surface area contributed by atoms with E-state index in [2.05, 4.69) is 4.98 Å². The molecule has 1 aromatic carbocycles. The molecule has 0 radical (unpaired) electrons. The number of hydrogen-bond acceptors (Lipinski definition) is 5. The van der Waals surface area contributed by atoms with Crippen LogP contribution in [0.3, 0.4) is 0 Å². The number of nitriles is 1. The van der Waals surface area contributed by atoms with Gasteiger partial charge < -0.3 is 9.15 Å². The van der Waals surface area contributed by atoms with Gasteiger partial charge in [0.15, 0.2) is 6.61 Å². The molecule has 21 heavy (non-hydrogen) atoms. The third-order valence-electron chi connectivity index (χ3n) is 2.95. The fourth-order valence-electron chi connectivity index (χ4n) is 2.00. The van der Waals surface area contributed by atoms with Crippen molar-refractivity contribution in [3.63, 3.8) is 0 Å². The molecule has 0 aliphatic heterocycles. The molecular weight excluding hydrogens is 268 g/mol. The summed E-state index contributed by atoms with van der Waals surface area (Å²) in [6.45, 7) is -0.0538. The van der Waals surface area contributed by atoms with Crippen molar-refractivity contribution in [3.8, 4) is 23.1 Å². The molecule has 3 rings (SSSR count). The molecule has 0 aliphatic rings. The van der Waals surface area contributed by atoms with Crippen LogP contribution in [0.25, 0.3) is 22.2 Å². The van der Waals surface area contributed by atoms with Crippen molar-refractivity contribution in [3.05, 3.63) is 59.1 Å². The first-order valence-electron chi connectivity index (χ1n) is 6.27. The minimum Gasteiger partial charge on any atom is -0.479 e. The van der Waals surface area contributed by atoms with E-state index < -0.39 is 5.63 Å². The monoisotopic (exact) mass is 278 g/mol. The summed E-state index contributed by atoms with van der Waals surface area (Å²) in [7, 11) is 0. The van der Waals surface area contributed by atoms with Crippen LogP contribution in [0.1, 0.15) is 0 Å². The SMILES string of the molecule is N#CCOc1ccc2cc(-c3ccccn3)c(=O)oc2c1. The Morgan fingerprint density at radius 1 is 1.24 bits per heavy atom. The van der Waals surface area contributed by atoms with Crippen LogP contribution in [0.2, 0.25) is 0 Å². The van der Waals surface area contributed by atoms with Gasteiger partial charge in [0.05, 0.1) is 11.3 Å². The van der Waals surface area contributed by atoms with Gasteiger partial charge in [-0.05, 0) is 30.3 Å². The molecule has 102 valence electrons. The fraction of sp³-hybridized carbons (Fsp3) is 0.0625. The second-order valence-corrected chi connectivity index (χ2v) is 4.31. The highest BCUT2D eigenvalue weighted by Crippen LogP contribution is 2.23. The molecule has 3 aromatic rings. The van der Waals surface area contributed by atoms with Crippen molar-refractivity contribution in [2.75, 3.05) is 6.61 Å². The van der Waals surface area contributed by atoms with Gasteiger partial charge in [-0.25, -0.2) is 4.79 Å². The number of fused-ring (bicyclic) bond motifs is 1. The summed E-state index contributed by atoms with van der Waals surface area (Å²) in [5.41, 5.74) is 0.931. The van der Waals surface area contributed by atoms with Gasteiger partial charge in [-0.15, -0.1) is 0 Å². The van der Waals surface area contributed by atoms with Gasteiger partial charge in [0.2, 0.25) is 0 Å². The summed E-state index contributed by atoms with van der Waals surface area (Å²) < 4.78 is 10.5. The first-order chi connectivity index (χ1) is 10.3. The molecule has 0 aliphatic carbocycles. The van der Waals surface area contributed by atoms with Gasteiger partial charge in [-0.2, -0.15) is 5.26 Å². The van der Waals surface area contributed by atoms with Gasteiger partial charge >= 0.3 is 5.63 Å². The van der Waals surface area contributed by atoms with Gasteiger partial charge in [0, 0.05) is 17.6 Å². The summed E-state index contributed by atoms with van der Waals surface area (Å²) in [4.78, 5) is 16.2. The van der Waals surface area contributed by atoms with Crippen LogP contribution in [0.4, 0.5) is 0 Å². The van der Waals surface area contributed by atoms with E-state index in [9.17, 15) is 4.79 Å². The minimum atomic E-state index is -0.460. The van der Waals surface area contributed by atoms with Crippen molar-refractivity contribution in [2.45, 2.75) is 0 Å². The highest BCUT2D eigenvalue weighted by atomic mass is 16.5. The summed E-state index contributed by atoms with van der Waals surface area (Å²) >= 11 is 0. The minimum absolute atomic E-state index is 0.0538. The molecule has 2 heterocycles. The number of ether oxygens (including phenoxy) is 1. The second kappa shape index (κ2) is 5.47. The highest BCUT2D eigenvalue weighted by Gasteiger charge is 2.09. The highest BCUT2D eigenvalue weighted by molar-refractivity contribution is 5.82. The lowest BCUT2D eigenvalue weighted by Crippen LogP contribution is -2.03. The number of nitrogens with zero attached hydrogens (tertiary/aromatic N) is 2. The molecule has 0 fully saturated rings. The van der Waals surface area contributed by atoms with Crippen LogP contribution < -0.4 is 10.4 Å². The van der Waals surface area contributed by atoms with E-state index in [0.29, 0.717) is 22.6 Å². The number of hydrogen-bond donors (Lipinski definition) is 0. The van der Waals surface area contributed by atoms with E-state index in [1.165, 1.54) is 0 Å². The number of benzene rings is 1. The molecule has 0 atom stereocenters. The van der Waals surface area contributed by atoms with Crippen LogP contribution in [0.5, 0.6) is 5.75 Å². The molecule has 0 bridgehead atoms. The standard InChI is InChI=1S/C16H10N2O3/c17-6-8-20-12-5-4-11-9-13(14-3-1-2-7-18-14)16(19)21-15(11)10-12/h1-5,7,9-10H,8H2. The van der Waals surface area contributed by atoms with Crippen LogP contribution in [-0.4, -0.2) is 11.6 Å². The lowest BCUT2D eigenvalue weighted by Gasteiger charge is -2.04. The molecule has 0 spiro atoms. The van der Waals surface area contributed by atoms with E-state index in [1.54, 1.807) is 42.6 Å². The van der Waals surface area contributed by atoms with Crippen molar-refractivity contribution in [1.29, 1.82) is 5.26 Å². The van der Waals surface area contributed by atoms with E-state index >= 15 is 0 Å². The Kier molecular flexibility index (Phi) is 3.36. The maximum Gasteiger partial charge on any atom is 0.345 e. The first kappa shape index (κ1) is 12.9. The second-order valence-electron chi connectivity index (χ2n) is 4.31. The van der Waals surface area contributed by atoms with Crippen molar-refractivity contribution < 1.29 is 9.15 Å². The molecule has 0 unspecified atom stereocenters. The zero-order valence-corrected chi connectivity index (χ0v) is 10.9. The van der Waals surface area contributed by atoms with Gasteiger partial charge in [0.1, 0.15) is 17.4 Å². The summed E-state index contributed by atoms with van der Waals surface area (Å²) in [5, 5.41) is 9.26. The van der Waals surface area contributed by atoms with E-state index in [-0.39, 0.29) is 6.61 Å². The Balaban J connectivity index is 2.09. The zero-order chi connectivity index (χ0) is 14.7. The third-order valence-corrected chi connectivity index (χ3v) is 2.95. The van der Waals surface area contributed by atoms with Crippen LogP contribution in [0.15, 0.2) is 57.9 Å². The predicted octanol–water partition coefficient (Wildman–Crippen LogP) is 2.76. The molecule has 5 heteroatoms. The predicted molar refractivity (Wildman–Crippen MR) is 76.8 cm³/mol. The maximum atomic E-state index is 12.1. The molecule has 0 saturated carbocycles. The molecule has 0 amide bonds. The van der Waals surface area contributed by atoms with E-state index in [4.69, 9.17) is 14.4 Å². The normalized spacial score (nSPS) is 10.2.